The molecule has 4 nitrogen and oxygen atoms in total. The van der Waals surface area contributed by atoms with E-state index in [1.165, 1.54) is 0 Å². The van der Waals surface area contributed by atoms with Crippen molar-refractivity contribution in [1.82, 2.24) is 0 Å². The Hall–Kier alpha value is -1.32. The van der Waals surface area contributed by atoms with Gasteiger partial charge in [0, 0.05) is 0 Å². The monoisotopic (exact) mass is 256 g/mol. The maximum absolute atomic E-state index is 11.7. The van der Waals surface area contributed by atoms with Crippen molar-refractivity contribution in [1.29, 1.82) is 0 Å². The molecule has 0 aromatic rings. The summed E-state index contributed by atoms with van der Waals surface area (Å²) >= 11 is 0. The standard InChI is InChI=1S/C14H24O4/c1-6-7-12(13(15)17-8-10(2)3)14(16)18-9-11(4)5/h7,10-11H,6,8-9H2,1-5H3. The molecule has 0 heterocycles. The molecule has 0 aliphatic heterocycles. The van der Waals surface area contributed by atoms with E-state index in [1.807, 2.05) is 34.6 Å². The van der Waals surface area contributed by atoms with Gasteiger partial charge in [0.1, 0.15) is 5.57 Å². The van der Waals surface area contributed by atoms with E-state index in [1.54, 1.807) is 6.08 Å². The molecular formula is C14H24O4. The summed E-state index contributed by atoms with van der Waals surface area (Å²) in [5.74, 6) is -0.717. The van der Waals surface area contributed by atoms with E-state index in [2.05, 4.69) is 0 Å². The fraction of sp³-hybridized carbons (Fsp3) is 0.714. The van der Waals surface area contributed by atoms with E-state index in [0.29, 0.717) is 19.6 Å². The van der Waals surface area contributed by atoms with E-state index in [0.717, 1.165) is 0 Å². The van der Waals surface area contributed by atoms with Crippen LogP contribution in [-0.2, 0) is 19.1 Å². The van der Waals surface area contributed by atoms with Crippen LogP contribution in [0.15, 0.2) is 11.6 Å². The molecular weight excluding hydrogens is 232 g/mol. The Kier molecular flexibility index (Phi) is 8.08. The highest BCUT2D eigenvalue weighted by Crippen LogP contribution is 2.07. The first-order valence-electron chi connectivity index (χ1n) is 6.42. The Bertz CT molecular complexity index is 277. The van der Waals surface area contributed by atoms with E-state index < -0.39 is 11.9 Å². The van der Waals surface area contributed by atoms with Crippen LogP contribution in [0.25, 0.3) is 0 Å². The number of rotatable bonds is 7. The molecule has 0 N–H and O–H groups in total. The van der Waals surface area contributed by atoms with Crippen molar-refractivity contribution in [2.24, 2.45) is 11.8 Å². The van der Waals surface area contributed by atoms with Crippen molar-refractivity contribution in [2.45, 2.75) is 41.0 Å². The number of ether oxygens (including phenoxy) is 2. The molecule has 18 heavy (non-hydrogen) atoms. The predicted molar refractivity (Wildman–Crippen MR) is 70.0 cm³/mol. The molecule has 0 saturated heterocycles. The molecule has 0 aliphatic carbocycles. The highest BCUT2D eigenvalue weighted by molar-refractivity contribution is 6.14. The van der Waals surface area contributed by atoms with E-state index in [-0.39, 0.29) is 17.4 Å². The second-order valence-corrected chi connectivity index (χ2v) is 5.01. The molecule has 0 fully saturated rings. The largest absolute Gasteiger partial charge is 0.462 e. The molecule has 0 bridgehead atoms. The number of allylic oxidation sites excluding steroid dienone is 1. The van der Waals surface area contributed by atoms with Crippen molar-refractivity contribution in [3.8, 4) is 0 Å². The molecule has 0 amide bonds. The molecule has 0 atom stereocenters. The van der Waals surface area contributed by atoms with Gasteiger partial charge in [-0.1, -0.05) is 40.7 Å². The van der Waals surface area contributed by atoms with Crippen LogP contribution in [0, 0.1) is 11.8 Å². The highest BCUT2D eigenvalue weighted by Gasteiger charge is 2.21. The second kappa shape index (κ2) is 8.72. The SMILES string of the molecule is CCC=C(C(=O)OCC(C)C)C(=O)OCC(C)C. The number of hydrogen-bond donors (Lipinski definition) is 0. The predicted octanol–water partition coefficient (Wildman–Crippen LogP) is 2.72. The summed E-state index contributed by atoms with van der Waals surface area (Å²) < 4.78 is 10.1. The van der Waals surface area contributed by atoms with Crippen molar-refractivity contribution >= 4 is 11.9 Å². The quantitative estimate of drug-likeness (QED) is 0.304. The van der Waals surface area contributed by atoms with Gasteiger partial charge in [0.2, 0.25) is 0 Å². The van der Waals surface area contributed by atoms with Gasteiger partial charge in [0.25, 0.3) is 0 Å². The summed E-state index contributed by atoms with van der Waals surface area (Å²) in [5, 5.41) is 0. The van der Waals surface area contributed by atoms with Crippen LogP contribution in [-0.4, -0.2) is 25.2 Å². The Morgan fingerprint density at radius 3 is 1.61 bits per heavy atom. The minimum absolute atomic E-state index is 0.00111. The number of esters is 2. The topological polar surface area (TPSA) is 52.6 Å². The molecule has 0 radical (unpaired) electrons. The Balaban J connectivity index is 4.51. The summed E-state index contributed by atoms with van der Waals surface area (Å²) in [4.78, 5) is 23.5. The molecule has 0 aromatic heterocycles. The third-order valence-electron chi connectivity index (χ3n) is 1.94. The maximum Gasteiger partial charge on any atom is 0.345 e. The van der Waals surface area contributed by atoms with Crippen LogP contribution in [0.2, 0.25) is 0 Å². The zero-order chi connectivity index (χ0) is 14.1. The molecule has 4 heteroatoms. The van der Waals surface area contributed by atoms with Gasteiger partial charge in [0.05, 0.1) is 13.2 Å². The van der Waals surface area contributed by atoms with Gasteiger partial charge in [-0.3, -0.25) is 0 Å². The van der Waals surface area contributed by atoms with Gasteiger partial charge >= 0.3 is 11.9 Å². The number of carbonyl (C=O) groups is 2. The average molecular weight is 256 g/mol. The molecule has 0 spiro atoms. The lowest BCUT2D eigenvalue weighted by Crippen LogP contribution is -2.21. The molecule has 0 saturated carbocycles. The summed E-state index contributed by atoms with van der Waals surface area (Å²) in [7, 11) is 0. The Labute approximate surface area is 109 Å². The fourth-order valence-electron chi connectivity index (χ4n) is 1.09. The van der Waals surface area contributed by atoms with E-state index >= 15 is 0 Å². The third kappa shape index (κ3) is 7.09. The van der Waals surface area contributed by atoms with E-state index in [4.69, 9.17) is 9.47 Å². The lowest BCUT2D eigenvalue weighted by atomic mass is 10.2. The van der Waals surface area contributed by atoms with Crippen LogP contribution in [0.1, 0.15) is 41.0 Å². The first kappa shape index (κ1) is 16.7. The smallest absolute Gasteiger partial charge is 0.345 e. The minimum Gasteiger partial charge on any atom is -0.462 e. The van der Waals surface area contributed by atoms with Crippen LogP contribution < -0.4 is 0 Å². The first-order valence-corrected chi connectivity index (χ1v) is 6.42. The molecule has 0 aliphatic rings. The fourth-order valence-corrected chi connectivity index (χ4v) is 1.09. The Morgan fingerprint density at radius 2 is 1.33 bits per heavy atom. The van der Waals surface area contributed by atoms with Crippen molar-refractivity contribution in [2.75, 3.05) is 13.2 Å². The maximum atomic E-state index is 11.7. The van der Waals surface area contributed by atoms with Gasteiger partial charge < -0.3 is 9.47 Å². The molecule has 104 valence electrons. The summed E-state index contributed by atoms with van der Waals surface area (Å²) in [6.45, 7) is 10.2. The minimum atomic E-state index is -0.598. The summed E-state index contributed by atoms with van der Waals surface area (Å²) in [5.41, 5.74) is -0.00111. The summed E-state index contributed by atoms with van der Waals surface area (Å²) in [6.07, 6.45) is 2.13. The van der Waals surface area contributed by atoms with Crippen LogP contribution in [0.5, 0.6) is 0 Å². The lowest BCUT2D eigenvalue weighted by Gasteiger charge is -2.11. The van der Waals surface area contributed by atoms with Gasteiger partial charge in [-0.25, -0.2) is 9.59 Å². The van der Waals surface area contributed by atoms with Crippen molar-refractivity contribution in [3.63, 3.8) is 0 Å². The van der Waals surface area contributed by atoms with Gasteiger partial charge in [-0.15, -0.1) is 0 Å². The van der Waals surface area contributed by atoms with Gasteiger partial charge in [-0.2, -0.15) is 0 Å². The third-order valence-corrected chi connectivity index (χ3v) is 1.94. The zero-order valence-corrected chi connectivity index (χ0v) is 12.0. The summed E-state index contributed by atoms with van der Waals surface area (Å²) in [6, 6.07) is 0. The van der Waals surface area contributed by atoms with Crippen LogP contribution in [0.4, 0.5) is 0 Å². The Morgan fingerprint density at radius 1 is 0.944 bits per heavy atom. The van der Waals surface area contributed by atoms with Gasteiger partial charge in [-0.05, 0) is 18.3 Å². The van der Waals surface area contributed by atoms with E-state index in [9.17, 15) is 9.59 Å². The average Bonchev–Trinajstić information content (AvgIpc) is 2.29. The second-order valence-electron chi connectivity index (χ2n) is 5.01. The van der Waals surface area contributed by atoms with Crippen molar-refractivity contribution in [3.05, 3.63) is 11.6 Å². The van der Waals surface area contributed by atoms with Crippen LogP contribution >= 0.6 is 0 Å². The van der Waals surface area contributed by atoms with Gasteiger partial charge in [0.15, 0.2) is 0 Å². The molecule has 0 aromatic carbocycles. The van der Waals surface area contributed by atoms with Crippen molar-refractivity contribution < 1.29 is 19.1 Å². The highest BCUT2D eigenvalue weighted by atomic mass is 16.6. The number of hydrogen-bond acceptors (Lipinski definition) is 4. The van der Waals surface area contributed by atoms with Crippen LogP contribution in [0.3, 0.4) is 0 Å². The first-order chi connectivity index (χ1) is 8.38. The molecule has 0 unspecified atom stereocenters. The normalized spacial score (nSPS) is 10.4. The lowest BCUT2D eigenvalue weighted by molar-refractivity contribution is -0.148. The molecule has 0 rings (SSSR count). The zero-order valence-electron chi connectivity index (χ0n) is 12.0. The number of carbonyl (C=O) groups excluding carboxylic acids is 2.